The van der Waals surface area contributed by atoms with Crippen molar-refractivity contribution in [3.8, 4) is 6.07 Å². The summed E-state index contributed by atoms with van der Waals surface area (Å²) in [5.74, 6) is 0. The van der Waals surface area contributed by atoms with E-state index in [0.29, 0.717) is 11.6 Å². The summed E-state index contributed by atoms with van der Waals surface area (Å²) in [6.45, 7) is 2.13. The van der Waals surface area contributed by atoms with Gasteiger partial charge in [0.1, 0.15) is 0 Å². The molecule has 3 rings (SSSR count). The van der Waals surface area contributed by atoms with E-state index in [0.717, 1.165) is 23.0 Å². The number of nitriles is 1. The zero-order valence-corrected chi connectivity index (χ0v) is 12.9. The van der Waals surface area contributed by atoms with Gasteiger partial charge in [-0.1, -0.05) is 23.8 Å². The summed E-state index contributed by atoms with van der Waals surface area (Å²) in [6, 6.07) is 14.9. The van der Waals surface area contributed by atoms with Gasteiger partial charge in [-0.25, -0.2) is 0 Å². The second kappa shape index (κ2) is 5.30. The first-order valence-electron chi connectivity index (χ1n) is 6.73. The van der Waals surface area contributed by atoms with Gasteiger partial charge in [0, 0.05) is 10.2 Å². The normalized spacial score (nSPS) is 16.6. The predicted octanol–water partition coefficient (Wildman–Crippen LogP) is 4.73. The second-order valence-corrected chi connectivity index (χ2v) is 6.10. The van der Waals surface area contributed by atoms with Crippen LogP contribution in [0, 0.1) is 18.3 Å². The quantitative estimate of drug-likeness (QED) is 0.866. The Kier molecular flexibility index (Phi) is 3.50. The third kappa shape index (κ3) is 2.44. The van der Waals surface area contributed by atoms with Crippen LogP contribution in [0.25, 0.3) is 0 Å². The van der Waals surface area contributed by atoms with Gasteiger partial charge in [0.2, 0.25) is 0 Å². The van der Waals surface area contributed by atoms with E-state index in [9.17, 15) is 0 Å². The lowest BCUT2D eigenvalue weighted by molar-refractivity contribution is 0.761. The van der Waals surface area contributed by atoms with E-state index in [1.54, 1.807) is 0 Å². The van der Waals surface area contributed by atoms with E-state index in [1.165, 1.54) is 16.7 Å². The highest BCUT2D eigenvalue weighted by Gasteiger charge is 2.22. The van der Waals surface area contributed by atoms with Crippen molar-refractivity contribution in [1.29, 1.82) is 5.26 Å². The highest BCUT2D eigenvalue weighted by atomic mass is 79.9. The molecular formula is C17H15BrN2. The third-order valence-corrected chi connectivity index (χ3v) is 4.46. The van der Waals surface area contributed by atoms with Gasteiger partial charge in [-0.15, -0.1) is 0 Å². The Hall–Kier alpha value is -1.79. The summed E-state index contributed by atoms with van der Waals surface area (Å²) in [5.41, 5.74) is 5.86. The van der Waals surface area contributed by atoms with Crippen LogP contribution in [0.15, 0.2) is 40.9 Å². The molecule has 1 aliphatic carbocycles. The van der Waals surface area contributed by atoms with Crippen molar-refractivity contribution < 1.29 is 0 Å². The van der Waals surface area contributed by atoms with Gasteiger partial charge in [-0.3, -0.25) is 0 Å². The smallest absolute Gasteiger partial charge is 0.0992 e. The van der Waals surface area contributed by atoms with Crippen LogP contribution in [0.3, 0.4) is 0 Å². The maximum Gasteiger partial charge on any atom is 0.0992 e. The van der Waals surface area contributed by atoms with Gasteiger partial charge in [-0.2, -0.15) is 5.26 Å². The molecule has 0 aromatic heterocycles. The number of anilines is 1. The van der Waals surface area contributed by atoms with Crippen molar-refractivity contribution in [2.75, 3.05) is 5.32 Å². The molecule has 3 heteroatoms. The van der Waals surface area contributed by atoms with Crippen molar-refractivity contribution in [3.63, 3.8) is 0 Å². The molecule has 0 bridgehead atoms. The van der Waals surface area contributed by atoms with Gasteiger partial charge >= 0.3 is 0 Å². The Morgan fingerprint density at radius 1 is 1.25 bits per heavy atom. The van der Waals surface area contributed by atoms with Crippen LogP contribution in [-0.4, -0.2) is 0 Å². The third-order valence-electron chi connectivity index (χ3n) is 3.81. The Bertz CT molecular complexity index is 701. The molecule has 2 aromatic carbocycles. The first-order chi connectivity index (χ1) is 9.67. The minimum absolute atomic E-state index is 0.356. The molecule has 20 heavy (non-hydrogen) atoms. The standard InChI is InChI=1S/C17H15BrN2/c1-11-2-4-13-5-7-16(14(13)8-11)20-17-6-3-12(10-19)9-15(17)18/h2-4,6,8-9,16,20H,5,7H2,1H3. The number of nitrogens with one attached hydrogen (secondary N) is 1. The molecule has 1 N–H and O–H groups in total. The van der Waals surface area contributed by atoms with Crippen LogP contribution in [0.4, 0.5) is 5.69 Å². The highest BCUT2D eigenvalue weighted by Crippen LogP contribution is 2.36. The van der Waals surface area contributed by atoms with E-state index in [2.05, 4.69) is 52.4 Å². The summed E-state index contributed by atoms with van der Waals surface area (Å²) < 4.78 is 0.942. The molecule has 0 heterocycles. The molecule has 0 amide bonds. The zero-order chi connectivity index (χ0) is 14.1. The number of aryl methyl sites for hydroxylation is 2. The SMILES string of the molecule is Cc1ccc2c(c1)C(Nc1ccc(C#N)cc1Br)CC2. The lowest BCUT2D eigenvalue weighted by Gasteiger charge is -2.17. The summed E-state index contributed by atoms with van der Waals surface area (Å²) in [5, 5.41) is 12.5. The number of halogens is 1. The van der Waals surface area contributed by atoms with E-state index in [-0.39, 0.29) is 0 Å². The summed E-state index contributed by atoms with van der Waals surface area (Å²) in [6.07, 6.45) is 2.24. The molecule has 0 spiro atoms. The van der Waals surface area contributed by atoms with Crippen LogP contribution < -0.4 is 5.32 Å². The first-order valence-corrected chi connectivity index (χ1v) is 7.52. The monoisotopic (exact) mass is 326 g/mol. The van der Waals surface area contributed by atoms with Crippen LogP contribution in [0.1, 0.15) is 34.7 Å². The molecule has 2 nitrogen and oxygen atoms in total. The number of hydrogen-bond donors (Lipinski definition) is 1. The van der Waals surface area contributed by atoms with Crippen molar-refractivity contribution in [1.82, 2.24) is 0 Å². The van der Waals surface area contributed by atoms with Gasteiger partial charge < -0.3 is 5.32 Å². The second-order valence-electron chi connectivity index (χ2n) is 5.24. The summed E-state index contributed by atoms with van der Waals surface area (Å²) >= 11 is 3.54. The van der Waals surface area contributed by atoms with Crippen LogP contribution >= 0.6 is 15.9 Å². The van der Waals surface area contributed by atoms with Crippen LogP contribution in [-0.2, 0) is 6.42 Å². The fourth-order valence-corrected chi connectivity index (χ4v) is 3.25. The van der Waals surface area contributed by atoms with Crippen molar-refractivity contribution in [3.05, 3.63) is 63.1 Å². The fraction of sp³-hybridized carbons (Fsp3) is 0.235. The van der Waals surface area contributed by atoms with E-state index in [4.69, 9.17) is 5.26 Å². The average Bonchev–Trinajstić information content (AvgIpc) is 2.83. The van der Waals surface area contributed by atoms with E-state index in [1.807, 2.05) is 18.2 Å². The number of nitrogens with zero attached hydrogens (tertiary/aromatic N) is 1. The van der Waals surface area contributed by atoms with Gasteiger partial charge in [0.25, 0.3) is 0 Å². The molecule has 1 atom stereocenters. The molecule has 0 saturated carbocycles. The highest BCUT2D eigenvalue weighted by molar-refractivity contribution is 9.10. The Morgan fingerprint density at radius 3 is 2.85 bits per heavy atom. The zero-order valence-electron chi connectivity index (χ0n) is 11.3. The molecule has 0 saturated heterocycles. The fourth-order valence-electron chi connectivity index (χ4n) is 2.76. The largest absolute Gasteiger partial charge is 0.377 e. The molecule has 100 valence electrons. The Labute approximate surface area is 127 Å². The first kappa shape index (κ1) is 13.2. The number of fused-ring (bicyclic) bond motifs is 1. The van der Waals surface area contributed by atoms with Gasteiger partial charge in [0.15, 0.2) is 0 Å². The summed E-state index contributed by atoms with van der Waals surface area (Å²) in [4.78, 5) is 0. The summed E-state index contributed by atoms with van der Waals surface area (Å²) in [7, 11) is 0. The number of rotatable bonds is 2. The maximum absolute atomic E-state index is 8.91. The number of hydrogen-bond acceptors (Lipinski definition) is 2. The Balaban J connectivity index is 1.88. The maximum atomic E-state index is 8.91. The van der Waals surface area contributed by atoms with Gasteiger partial charge in [-0.05, 0) is 65.0 Å². The Morgan fingerprint density at radius 2 is 2.10 bits per heavy atom. The van der Waals surface area contributed by atoms with Crippen molar-refractivity contribution in [2.45, 2.75) is 25.8 Å². The molecule has 0 fully saturated rings. The molecule has 0 aliphatic heterocycles. The lowest BCUT2D eigenvalue weighted by Crippen LogP contribution is -2.07. The van der Waals surface area contributed by atoms with E-state index >= 15 is 0 Å². The van der Waals surface area contributed by atoms with Crippen molar-refractivity contribution in [2.24, 2.45) is 0 Å². The molecular weight excluding hydrogens is 312 g/mol. The predicted molar refractivity (Wildman–Crippen MR) is 84.7 cm³/mol. The van der Waals surface area contributed by atoms with E-state index < -0.39 is 0 Å². The van der Waals surface area contributed by atoms with Gasteiger partial charge in [0.05, 0.1) is 17.7 Å². The molecule has 0 radical (unpaired) electrons. The minimum Gasteiger partial charge on any atom is -0.377 e. The van der Waals surface area contributed by atoms with Crippen molar-refractivity contribution >= 4 is 21.6 Å². The minimum atomic E-state index is 0.356. The van der Waals surface area contributed by atoms with Crippen LogP contribution in [0.5, 0.6) is 0 Å². The molecule has 1 aliphatic rings. The molecule has 2 aromatic rings. The lowest BCUT2D eigenvalue weighted by atomic mass is 10.0. The molecule has 1 unspecified atom stereocenters. The number of benzene rings is 2. The van der Waals surface area contributed by atoms with Crippen LogP contribution in [0.2, 0.25) is 0 Å². The average molecular weight is 327 g/mol. The topological polar surface area (TPSA) is 35.8 Å².